The van der Waals surface area contributed by atoms with Crippen molar-refractivity contribution in [3.63, 3.8) is 0 Å². The normalized spacial score (nSPS) is 18.5. The fourth-order valence-corrected chi connectivity index (χ4v) is 3.64. The summed E-state index contributed by atoms with van der Waals surface area (Å²) >= 11 is 1.31. The maximum atomic E-state index is 12.3. The van der Waals surface area contributed by atoms with Crippen molar-refractivity contribution < 1.29 is 9.90 Å². The second-order valence-electron chi connectivity index (χ2n) is 6.12. The van der Waals surface area contributed by atoms with Gasteiger partial charge in [0, 0.05) is 11.7 Å². The molecule has 1 aliphatic rings. The molecule has 0 spiro atoms. The molecule has 0 saturated carbocycles. The van der Waals surface area contributed by atoms with Gasteiger partial charge in [0.1, 0.15) is 5.01 Å². The molecule has 0 radical (unpaired) electrons. The van der Waals surface area contributed by atoms with Gasteiger partial charge in [0.05, 0.1) is 13.2 Å². The average Bonchev–Trinajstić information content (AvgIpc) is 3.06. The number of hydrogen-bond acceptors (Lipinski definition) is 6. The largest absolute Gasteiger partial charge is 0.395 e. The van der Waals surface area contributed by atoms with Gasteiger partial charge in [0.15, 0.2) is 0 Å². The number of carbonyl (C=O) groups is 1. The van der Waals surface area contributed by atoms with Crippen LogP contribution in [0.3, 0.4) is 0 Å². The lowest BCUT2D eigenvalue weighted by molar-refractivity contribution is 0.0839. The number of carbonyl (C=O) groups excluding carboxylic acids is 1. The van der Waals surface area contributed by atoms with Crippen LogP contribution in [0.4, 0.5) is 5.69 Å². The minimum Gasteiger partial charge on any atom is -0.395 e. The number of aryl methyl sites for hydroxylation is 1. The van der Waals surface area contributed by atoms with Crippen LogP contribution in [0.5, 0.6) is 0 Å². The van der Waals surface area contributed by atoms with Crippen molar-refractivity contribution >= 4 is 22.9 Å². The van der Waals surface area contributed by atoms with Crippen molar-refractivity contribution in [3.05, 3.63) is 39.8 Å². The summed E-state index contributed by atoms with van der Waals surface area (Å²) in [6.07, 6.45) is 3.30. The van der Waals surface area contributed by atoms with Gasteiger partial charge in [-0.2, -0.15) is 0 Å². The number of nitrogens with one attached hydrogen (secondary N) is 1. The van der Waals surface area contributed by atoms with Crippen molar-refractivity contribution in [2.75, 3.05) is 18.5 Å². The standard InChI is InChI=1S/C17H22N4O2S/c1-12-5-7-13(8-6-12)18-16(23)17-20-19-15(24-17)10-21-9-3-2-4-14(21)11-22/h5-8,14,22H,2-4,9-11H2,1H3,(H,18,23)/t14-/m1/s1. The van der Waals surface area contributed by atoms with Crippen molar-refractivity contribution in [2.45, 2.75) is 38.8 Å². The Morgan fingerprint density at radius 1 is 1.33 bits per heavy atom. The summed E-state index contributed by atoms with van der Waals surface area (Å²) in [5, 5.41) is 21.6. The molecule has 0 aliphatic carbocycles. The van der Waals surface area contributed by atoms with Crippen LogP contribution in [0.1, 0.15) is 39.6 Å². The molecule has 0 bridgehead atoms. The van der Waals surface area contributed by atoms with Crippen molar-refractivity contribution in [2.24, 2.45) is 0 Å². The van der Waals surface area contributed by atoms with E-state index in [2.05, 4.69) is 20.4 Å². The van der Waals surface area contributed by atoms with Crippen LogP contribution in [0.2, 0.25) is 0 Å². The summed E-state index contributed by atoms with van der Waals surface area (Å²) in [6, 6.07) is 7.83. The van der Waals surface area contributed by atoms with Gasteiger partial charge in [-0.1, -0.05) is 35.5 Å². The number of amides is 1. The third-order valence-corrected chi connectivity index (χ3v) is 5.18. The molecule has 1 aliphatic heterocycles. The Morgan fingerprint density at radius 2 is 2.12 bits per heavy atom. The van der Waals surface area contributed by atoms with E-state index in [1.54, 1.807) is 0 Å². The predicted octanol–water partition coefficient (Wildman–Crippen LogP) is 2.45. The first-order valence-electron chi connectivity index (χ1n) is 8.21. The lowest BCUT2D eigenvalue weighted by Crippen LogP contribution is -2.41. The molecule has 24 heavy (non-hydrogen) atoms. The number of likely N-dealkylation sites (tertiary alicyclic amines) is 1. The molecule has 1 atom stereocenters. The zero-order chi connectivity index (χ0) is 16.9. The van der Waals surface area contributed by atoms with Crippen LogP contribution in [0, 0.1) is 6.92 Å². The lowest BCUT2D eigenvalue weighted by Gasteiger charge is -2.33. The minimum atomic E-state index is -0.236. The van der Waals surface area contributed by atoms with Crippen LogP contribution < -0.4 is 5.32 Å². The number of hydrogen-bond donors (Lipinski definition) is 2. The van der Waals surface area contributed by atoms with E-state index in [9.17, 15) is 9.90 Å². The van der Waals surface area contributed by atoms with E-state index in [0.717, 1.165) is 42.1 Å². The Kier molecular flexibility index (Phi) is 5.55. The number of nitrogens with zero attached hydrogens (tertiary/aromatic N) is 3. The number of aliphatic hydroxyl groups is 1. The van der Waals surface area contributed by atoms with Crippen LogP contribution in [0.25, 0.3) is 0 Å². The maximum absolute atomic E-state index is 12.3. The molecule has 1 amide bonds. The zero-order valence-corrected chi connectivity index (χ0v) is 14.6. The highest BCUT2D eigenvalue weighted by atomic mass is 32.1. The van der Waals surface area contributed by atoms with Crippen LogP contribution in [-0.4, -0.2) is 45.3 Å². The van der Waals surface area contributed by atoms with Gasteiger partial charge in [-0.15, -0.1) is 10.2 Å². The molecule has 1 fully saturated rings. The van der Waals surface area contributed by atoms with E-state index in [1.807, 2.05) is 31.2 Å². The second-order valence-corrected chi connectivity index (χ2v) is 7.19. The molecule has 3 rings (SSSR count). The van der Waals surface area contributed by atoms with Gasteiger partial charge in [-0.05, 0) is 38.4 Å². The summed E-state index contributed by atoms with van der Waals surface area (Å²) in [5.41, 5.74) is 1.89. The van der Waals surface area contributed by atoms with Crippen molar-refractivity contribution in [1.82, 2.24) is 15.1 Å². The lowest BCUT2D eigenvalue weighted by atomic mass is 10.0. The van der Waals surface area contributed by atoms with E-state index in [1.165, 1.54) is 11.3 Å². The van der Waals surface area contributed by atoms with E-state index < -0.39 is 0 Å². The topological polar surface area (TPSA) is 78.4 Å². The molecule has 7 heteroatoms. The second kappa shape index (κ2) is 7.83. The smallest absolute Gasteiger partial charge is 0.286 e. The number of piperidine rings is 1. The molecule has 2 aromatic rings. The molecule has 1 aromatic carbocycles. The molecule has 6 nitrogen and oxygen atoms in total. The van der Waals surface area contributed by atoms with E-state index in [4.69, 9.17) is 0 Å². The third-order valence-electron chi connectivity index (χ3n) is 4.27. The van der Waals surface area contributed by atoms with Crippen LogP contribution in [-0.2, 0) is 6.54 Å². The van der Waals surface area contributed by atoms with E-state index in [0.29, 0.717) is 11.6 Å². The van der Waals surface area contributed by atoms with Gasteiger partial charge < -0.3 is 10.4 Å². The fourth-order valence-electron chi connectivity index (χ4n) is 2.88. The zero-order valence-electron chi connectivity index (χ0n) is 13.7. The van der Waals surface area contributed by atoms with Gasteiger partial charge in [0.2, 0.25) is 5.01 Å². The highest BCUT2D eigenvalue weighted by Crippen LogP contribution is 2.21. The summed E-state index contributed by atoms with van der Waals surface area (Å²) in [5.74, 6) is -0.236. The quantitative estimate of drug-likeness (QED) is 0.869. The van der Waals surface area contributed by atoms with Gasteiger partial charge in [0.25, 0.3) is 5.91 Å². The Labute approximate surface area is 145 Å². The van der Waals surface area contributed by atoms with Gasteiger partial charge >= 0.3 is 0 Å². The van der Waals surface area contributed by atoms with Crippen molar-refractivity contribution in [1.29, 1.82) is 0 Å². The number of anilines is 1. The first-order chi connectivity index (χ1) is 11.7. The summed E-state index contributed by atoms with van der Waals surface area (Å²) < 4.78 is 0. The maximum Gasteiger partial charge on any atom is 0.286 e. The third kappa shape index (κ3) is 4.17. The number of rotatable bonds is 5. The minimum absolute atomic E-state index is 0.166. The predicted molar refractivity (Wildman–Crippen MR) is 94.2 cm³/mol. The number of aromatic nitrogens is 2. The first-order valence-corrected chi connectivity index (χ1v) is 9.02. The Balaban J connectivity index is 1.62. The van der Waals surface area contributed by atoms with E-state index in [-0.39, 0.29) is 18.6 Å². The van der Waals surface area contributed by atoms with Crippen LogP contribution >= 0.6 is 11.3 Å². The average molecular weight is 346 g/mol. The molecule has 2 heterocycles. The van der Waals surface area contributed by atoms with Gasteiger partial charge in [-0.25, -0.2) is 0 Å². The monoisotopic (exact) mass is 346 g/mol. The Morgan fingerprint density at radius 3 is 2.88 bits per heavy atom. The molecular weight excluding hydrogens is 324 g/mol. The molecule has 128 valence electrons. The van der Waals surface area contributed by atoms with Crippen LogP contribution in [0.15, 0.2) is 24.3 Å². The number of benzene rings is 1. The summed E-state index contributed by atoms with van der Waals surface area (Å²) in [4.78, 5) is 14.5. The highest BCUT2D eigenvalue weighted by molar-refractivity contribution is 7.13. The Bertz CT molecular complexity index is 686. The number of aliphatic hydroxyl groups excluding tert-OH is 1. The fraction of sp³-hybridized carbons (Fsp3) is 0.471. The highest BCUT2D eigenvalue weighted by Gasteiger charge is 2.23. The molecule has 1 aromatic heterocycles. The van der Waals surface area contributed by atoms with E-state index >= 15 is 0 Å². The molecule has 0 unspecified atom stereocenters. The first kappa shape index (κ1) is 17.0. The molecule has 1 saturated heterocycles. The summed E-state index contributed by atoms with van der Waals surface area (Å²) in [6.45, 7) is 3.76. The van der Waals surface area contributed by atoms with Gasteiger partial charge in [-0.3, -0.25) is 9.69 Å². The Hall–Kier alpha value is -1.83. The summed E-state index contributed by atoms with van der Waals surface area (Å²) in [7, 11) is 0. The van der Waals surface area contributed by atoms with Crippen molar-refractivity contribution in [3.8, 4) is 0 Å². The molecule has 2 N–H and O–H groups in total. The molecular formula is C17H22N4O2S. The SMILES string of the molecule is Cc1ccc(NC(=O)c2nnc(CN3CCCC[C@@H]3CO)s2)cc1.